The Morgan fingerprint density at radius 3 is 2.80 bits per heavy atom. The van der Waals surface area contributed by atoms with Crippen molar-refractivity contribution in [2.24, 2.45) is 5.84 Å². The topological polar surface area (TPSA) is 67.6 Å². The maximum absolute atomic E-state index is 11.4. The third-order valence-corrected chi connectivity index (χ3v) is 3.18. The highest BCUT2D eigenvalue weighted by Gasteiger charge is 2.05. The zero-order chi connectivity index (χ0) is 14.8. The molecular weight excluding hydrogens is 254 g/mol. The number of nitrogen functional groups attached to an aromatic ring is 1. The number of likely N-dealkylation sites (N-methyl/N-ethyl adjacent to an activating group) is 1. The van der Waals surface area contributed by atoms with Crippen molar-refractivity contribution in [3.8, 4) is 5.75 Å². The summed E-state index contributed by atoms with van der Waals surface area (Å²) in [5.41, 5.74) is 2.62. The number of benzene rings is 1. The van der Waals surface area contributed by atoms with Crippen LogP contribution in [0.1, 0.15) is 37.0 Å². The molecule has 5 nitrogen and oxygen atoms in total. The van der Waals surface area contributed by atoms with Gasteiger partial charge in [-0.1, -0.05) is 26.3 Å². The number of carbonyl (C=O) groups is 1. The molecule has 0 saturated carbocycles. The smallest absolute Gasteiger partial charge is 0.265 e. The quantitative estimate of drug-likeness (QED) is 0.411. The van der Waals surface area contributed by atoms with Crippen LogP contribution in [0.3, 0.4) is 0 Å². The molecule has 1 rings (SSSR count). The van der Waals surface area contributed by atoms with Gasteiger partial charge in [-0.2, -0.15) is 0 Å². The minimum atomic E-state index is -0.311. The number of rotatable bonds is 9. The van der Waals surface area contributed by atoms with E-state index in [2.05, 4.69) is 24.2 Å². The van der Waals surface area contributed by atoms with E-state index in [0.29, 0.717) is 17.9 Å². The first-order valence-corrected chi connectivity index (χ1v) is 7.17. The van der Waals surface area contributed by atoms with Crippen LogP contribution < -0.4 is 16.0 Å². The van der Waals surface area contributed by atoms with Gasteiger partial charge < -0.3 is 9.64 Å². The summed E-state index contributed by atoms with van der Waals surface area (Å²) < 4.78 is 5.69. The van der Waals surface area contributed by atoms with Crippen molar-refractivity contribution in [3.63, 3.8) is 0 Å². The largest absolute Gasteiger partial charge is 0.492 e. The van der Waals surface area contributed by atoms with Gasteiger partial charge in [0, 0.05) is 12.1 Å². The fourth-order valence-electron chi connectivity index (χ4n) is 1.91. The molecule has 0 bridgehead atoms. The Morgan fingerprint density at radius 2 is 2.15 bits per heavy atom. The third-order valence-electron chi connectivity index (χ3n) is 3.18. The molecule has 5 heteroatoms. The van der Waals surface area contributed by atoms with Gasteiger partial charge >= 0.3 is 0 Å². The monoisotopic (exact) mass is 279 g/mol. The summed E-state index contributed by atoms with van der Waals surface area (Å²) in [5.74, 6) is 5.49. The van der Waals surface area contributed by atoms with E-state index >= 15 is 0 Å². The molecule has 0 aliphatic heterocycles. The second-order valence-corrected chi connectivity index (χ2v) is 4.64. The van der Waals surface area contributed by atoms with Crippen LogP contribution in [0.15, 0.2) is 24.3 Å². The second-order valence-electron chi connectivity index (χ2n) is 4.64. The molecule has 0 heterocycles. The molecule has 0 aromatic heterocycles. The molecule has 0 unspecified atom stereocenters. The first-order chi connectivity index (χ1) is 9.71. The van der Waals surface area contributed by atoms with Crippen LogP contribution in [-0.2, 0) is 0 Å². The van der Waals surface area contributed by atoms with E-state index < -0.39 is 0 Å². The highest BCUT2D eigenvalue weighted by Crippen LogP contribution is 2.13. The summed E-state index contributed by atoms with van der Waals surface area (Å²) in [6, 6.07) is 7.03. The Morgan fingerprint density at radius 1 is 1.35 bits per heavy atom. The number of nitrogens with two attached hydrogens (primary N) is 1. The lowest BCUT2D eigenvalue weighted by Crippen LogP contribution is -2.30. The zero-order valence-electron chi connectivity index (χ0n) is 12.4. The van der Waals surface area contributed by atoms with Crippen LogP contribution in [0.4, 0.5) is 0 Å². The Kier molecular flexibility index (Phi) is 7.69. The molecular formula is C15H25N3O2. The number of unbranched alkanes of at least 4 members (excludes halogenated alkanes) is 1. The molecule has 0 aliphatic carbocycles. The number of carbonyl (C=O) groups excluding carboxylic acids is 1. The highest BCUT2D eigenvalue weighted by molar-refractivity contribution is 5.94. The Bertz CT molecular complexity index is 410. The molecule has 1 aromatic carbocycles. The fourth-order valence-corrected chi connectivity index (χ4v) is 1.91. The van der Waals surface area contributed by atoms with Crippen molar-refractivity contribution < 1.29 is 9.53 Å². The second kappa shape index (κ2) is 9.34. The SMILES string of the molecule is CCCCN(CC)CCOc1cccc(C(=O)NN)c1. The minimum absolute atomic E-state index is 0.311. The molecule has 0 fully saturated rings. The van der Waals surface area contributed by atoms with Gasteiger partial charge in [-0.15, -0.1) is 0 Å². The van der Waals surface area contributed by atoms with Crippen LogP contribution in [-0.4, -0.2) is 37.0 Å². The van der Waals surface area contributed by atoms with E-state index in [1.807, 2.05) is 6.07 Å². The maximum atomic E-state index is 11.4. The van der Waals surface area contributed by atoms with E-state index in [9.17, 15) is 4.79 Å². The van der Waals surface area contributed by atoms with E-state index in [1.54, 1.807) is 18.2 Å². The first-order valence-electron chi connectivity index (χ1n) is 7.17. The number of nitrogens with zero attached hydrogens (tertiary/aromatic N) is 1. The van der Waals surface area contributed by atoms with Gasteiger partial charge in [0.1, 0.15) is 12.4 Å². The van der Waals surface area contributed by atoms with E-state index in [1.165, 1.54) is 12.8 Å². The summed E-state index contributed by atoms with van der Waals surface area (Å²) in [7, 11) is 0. The molecule has 112 valence electrons. The summed E-state index contributed by atoms with van der Waals surface area (Å²) in [6.07, 6.45) is 2.41. The van der Waals surface area contributed by atoms with Gasteiger partial charge in [-0.25, -0.2) is 5.84 Å². The molecule has 0 spiro atoms. The number of ether oxygens (including phenoxy) is 1. The summed E-state index contributed by atoms with van der Waals surface area (Å²) in [5, 5.41) is 0. The highest BCUT2D eigenvalue weighted by atomic mass is 16.5. The average Bonchev–Trinajstić information content (AvgIpc) is 2.50. The lowest BCUT2D eigenvalue weighted by atomic mass is 10.2. The van der Waals surface area contributed by atoms with Gasteiger partial charge in [0.15, 0.2) is 0 Å². The Hall–Kier alpha value is -1.59. The third kappa shape index (κ3) is 5.59. The molecule has 3 N–H and O–H groups in total. The molecule has 0 radical (unpaired) electrons. The van der Waals surface area contributed by atoms with Gasteiger partial charge in [0.05, 0.1) is 0 Å². The standard InChI is InChI=1S/C15H25N3O2/c1-3-5-9-18(4-2)10-11-20-14-8-6-7-13(12-14)15(19)17-16/h6-8,12H,3-5,9-11,16H2,1-2H3,(H,17,19). The Balaban J connectivity index is 2.43. The van der Waals surface area contributed by atoms with Crippen molar-refractivity contribution in [2.75, 3.05) is 26.2 Å². The van der Waals surface area contributed by atoms with Crippen LogP contribution in [0.25, 0.3) is 0 Å². The van der Waals surface area contributed by atoms with E-state index in [4.69, 9.17) is 10.6 Å². The summed E-state index contributed by atoms with van der Waals surface area (Å²) >= 11 is 0. The van der Waals surface area contributed by atoms with Crippen molar-refractivity contribution in [2.45, 2.75) is 26.7 Å². The van der Waals surface area contributed by atoms with Crippen molar-refractivity contribution in [1.82, 2.24) is 10.3 Å². The average molecular weight is 279 g/mol. The predicted molar refractivity (Wildman–Crippen MR) is 80.6 cm³/mol. The zero-order valence-corrected chi connectivity index (χ0v) is 12.4. The van der Waals surface area contributed by atoms with Gasteiger partial charge in [0.25, 0.3) is 5.91 Å². The van der Waals surface area contributed by atoms with Gasteiger partial charge in [-0.3, -0.25) is 10.2 Å². The minimum Gasteiger partial charge on any atom is -0.492 e. The van der Waals surface area contributed by atoms with Crippen molar-refractivity contribution in [1.29, 1.82) is 0 Å². The van der Waals surface area contributed by atoms with E-state index in [-0.39, 0.29) is 5.91 Å². The molecule has 1 amide bonds. The van der Waals surface area contributed by atoms with Gasteiger partial charge in [0.2, 0.25) is 0 Å². The predicted octanol–water partition coefficient (Wildman–Crippen LogP) is 1.79. The van der Waals surface area contributed by atoms with Crippen LogP contribution >= 0.6 is 0 Å². The Labute approximate surface area is 121 Å². The van der Waals surface area contributed by atoms with Gasteiger partial charge in [-0.05, 0) is 37.7 Å². The number of hydrogen-bond acceptors (Lipinski definition) is 4. The van der Waals surface area contributed by atoms with Crippen LogP contribution in [0.2, 0.25) is 0 Å². The first kappa shape index (κ1) is 16.5. The summed E-state index contributed by atoms with van der Waals surface area (Å²) in [6.45, 7) is 7.99. The van der Waals surface area contributed by atoms with Crippen LogP contribution in [0, 0.1) is 0 Å². The lowest BCUT2D eigenvalue weighted by molar-refractivity contribution is 0.0953. The number of hydrazine groups is 1. The lowest BCUT2D eigenvalue weighted by Gasteiger charge is -2.20. The molecule has 20 heavy (non-hydrogen) atoms. The fraction of sp³-hybridized carbons (Fsp3) is 0.533. The molecule has 1 aromatic rings. The van der Waals surface area contributed by atoms with E-state index in [0.717, 1.165) is 19.6 Å². The molecule has 0 aliphatic rings. The number of hydrogen-bond donors (Lipinski definition) is 2. The normalized spacial score (nSPS) is 10.6. The number of amides is 1. The summed E-state index contributed by atoms with van der Waals surface area (Å²) in [4.78, 5) is 13.8. The van der Waals surface area contributed by atoms with Crippen molar-refractivity contribution >= 4 is 5.91 Å². The maximum Gasteiger partial charge on any atom is 0.265 e. The molecule has 0 atom stereocenters. The van der Waals surface area contributed by atoms with Crippen LogP contribution in [0.5, 0.6) is 5.75 Å². The molecule has 0 saturated heterocycles. The van der Waals surface area contributed by atoms with Crippen molar-refractivity contribution in [3.05, 3.63) is 29.8 Å². The number of nitrogens with one attached hydrogen (secondary N) is 1.